The van der Waals surface area contributed by atoms with Crippen molar-refractivity contribution >= 4 is 51.2 Å². The summed E-state index contributed by atoms with van der Waals surface area (Å²) < 4.78 is 52.5. The number of carbonyl (C=O) groups is 2. The van der Waals surface area contributed by atoms with Crippen LogP contribution in [0.15, 0.2) is 40.0 Å². The molecule has 3 aromatic rings. The minimum atomic E-state index is -0.947. The van der Waals surface area contributed by atoms with Crippen LogP contribution in [0.4, 0.5) is 8.78 Å². The minimum Gasteiger partial charge on any atom is -0.463 e. The van der Waals surface area contributed by atoms with Gasteiger partial charge in [0.2, 0.25) is 0 Å². The van der Waals surface area contributed by atoms with Gasteiger partial charge >= 0.3 is 11.9 Å². The summed E-state index contributed by atoms with van der Waals surface area (Å²) in [4.78, 5) is 27.8. The highest BCUT2D eigenvalue weighted by molar-refractivity contribution is 9.10. The van der Waals surface area contributed by atoms with Crippen molar-refractivity contribution in [3.8, 4) is 17.3 Å². The Labute approximate surface area is 257 Å². The van der Waals surface area contributed by atoms with Crippen molar-refractivity contribution in [1.29, 1.82) is 5.26 Å². The lowest BCUT2D eigenvalue weighted by Crippen LogP contribution is -2.42. The Morgan fingerprint density at radius 1 is 1.19 bits per heavy atom. The van der Waals surface area contributed by atoms with Gasteiger partial charge in [0, 0.05) is 42.1 Å². The van der Waals surface area contributed by atoms with Gasteiger partial charge in [-0.25, -0.2) is 18.4 Å². The lowest BCUT2D eigenvalue weighted by molar-refractivity contribution is -0.166. The van der Waals surface area contributed by atoms with Gasteiger partial charge in [-0.3, -0.25) is 9.59 Å². The molecule has 11 nitrogen and oxygen atoms in total. The van der Waals surface area contributed by atoms with E-state index in [-0.39, 0.29) is 30.1 Å². The number of hydrogen-bond donors (Lipinski definition) is 0. The highest BCUT2D eigenvalue weighted by atomic mass is 79.9. The van der Waals surface area contributed by atoms with E-state index in [1.165, 1.54) is 38.0 Å². The maximum atomic E-state index is 14.0. The number of carbonyl (C=O) groups excluding carboxylic acids is 2. The average Bonchev–Trinajstić information content (AvgIpc) is 3.40. The number of rotatable bonds is 13. The molecule has 0 aliphatic heterocycles. The fourth-order valence-electron chi connectivity index (χ4n) is 3.59. The fraction of sp³-hybridized carbons (Fsp3) is 0.385. The van der Waals surface area contributed by atoms with Crippen LogP contribution in [0.2, 0.25) is 5.02 Å². The second-order valence-electron chi connectivity index (χ2n) is 8.74. The van der Waals surface area contributed by atoms with E-state index in [0.717, 1.165) is 23.9 Å². The number of nitrogens with zero attached hydrogens (tertiary/aromatic N) is 5. The third kappa shape index (κ3) is 9.17. The molecule has 0 aliphatic rings. The third-order valence-corrected chi connectivity index (χ3v) is 7.60. The quantitative estimate of drug-likeness (QED) is 0.104. The molecule has 42 heavy (non-hydrogen) atoms. The van der Waals surface area contributed by atoms with Gasteiger partial charge in [0.1, 0.15) is 58.8 Å². The predicted molar refractivity (Wildman–Crippen MR) is 150 cm³/mol. The summed E-state index contributed by atoms with van der Waals surface area (Å²) in [6, 6.07) is 5.77. The molecule has 0 bridgehead atoms. The summed E-state index contributed by atoms with van der Waals surface area (Å²) in [6.45, 7) is 3.81. The molecule has 3 rings (SSSR count). The summed E-state index contributed by atoms with van der Waals surface area (Å²) >= 11 is 10.0. The van der Waals surface area contributed by atoms with E-state index in [2.05, 4.69) is 31.2 Å². The molecule has 1 aromatic carbocycles. The summed E-state index contributed by atoms with van der Waals surface area (Å²) in [5, 5.41) is 17.0. The highest BCUT2D eigenvalue weighted by Gasteiger charge is 2.33. The second kappa shape index (κ2) is 15.4. The van der Waals surface area contributed by atoms with Gasteiger partial charge in [-0.15, -0.1) is 5.10 Å². The molecular formula is C26H25BrClF2N5O6S. The van der Waals surface area contributed by atoms with Crippen LogP contribution in [-0.4, -0.2) is 69.4 Å². The molecule has 224 valence electrons. The zero-order valence-electron chi connectivity index (χ0n) is 22.7. The van der Waals surface area contributed by atoms with E-state index >= 15 is 0 Å². The molecule has 0 amide bonds. The number of ether oxygens (including phenoxy) is 4. The maximum absolute atomic E-state index is 14.0. The molecule has 0 N–H and O–H groups in total. The number of nitriles is 1. The molecular weight excluding hydrogens is 664 g/mol. The van der Waals surface area contributed by atoms with Gasteiger partial charge in [0.05, 0.1) is 12.7 Å². The van der Waals surface area contributed by atoms with Crippen LogP contribution in [-0.2, 0) is 35.1 Å². The van der Waals surface area contributed by atoms with Crippen molar-refractivity contribution in [2.45, 2.75) is 56.0 Å². The molecule has 2 heterocycles. The van der Waals surface area contributed by atoms with Crippen molar-refractivity contribution in [2.75, 3.05) is 13.7 Å². The number of pyridine rings is 1. The van der Waals surface area contributed by atoms with Crippen LogP contribution >= 0.6 is 39.3 Å². The van der Waals surface area contributed by atoms with Crippen molar-refractivity contribution in [3.63, 3.8) is 0 Å². The SMILES string of the molecule is CO[C@@H](Cn1cc(-c2cc(F)c(Cl)c(F)c2)nn1)C(OC(COC(C)=O)[C@@H](C)OC(C)=O)Sc1cc(Br)cnc1C#N. The van der Waals surface area contributed by atoms with E-state index in [4.69, 9.17) is 30.5 Å². The molecule has 16 heteroatoms. The van der Waals surface area contributed by atoms with Crippen LogP contribution in [0, 0.1) is 23.0 Å². The average molecular weight is 689 g/mol. The zero-order valence-corrected chi connectivity index (χ0v) is 25.9. The summed E-state index contributed by atoms with van der Waals surface area (Å²) in [7, 11) is 1.42. The molecule has 0 saturated carbocycles. The van der Waals surface area contributed by atoms with Crippen molar-refractivity contribution in [3.05, 3.63) is 57.4 Å². The number of aromatic nitrogens is 4. The van der Waals surface area contributed by atoms with Gasteiger partial charge in [-0.2, -0.15) is 5.26 Å². The Bertz CT molecular complexity index is 1450. The Morgan fingerprint density at radius 3 is 2.48 bits per heavy atom. The monoisotopic (exact) mass is 687 g/mol. The van der Waals surface area contributed by atoms with E-state index in [1.54, 1.807) is 13.0 Å². The Kier molecular flexibility index (Phi) is 12.2. The Morgan fingerprint density at radius 2 is 1.88 bits per heavy atom. The first-order valence-electron chi connectivity index (χ1n) is 12.2. The molecule has 0 aliphatic carbocycles. The van der Waals surface area contributed by atoms with E-state index in [0.29, 0.717) is 9.37 Å². The number of esters is 2. The normalized spacial score (nSPS) is 14.0. The molecule has 0 saturated heterocycles. The van der Waals surface area contributed by atoms with Gasteiger partial charge in [0.15, 0.2) is 5.69 Å². The van der Waals surface area contributed by atoms with E-state index < -0.39 is 52.3 Å². The van der Waals surface area contributed by atoms with E-state index in [9.17, 15) is 23.6 Å². The first-order valence-corrected chi connectivity index (χ1v) is 14.2. The first-order chi connectivity index (χ1) is 19.9. The van der Waals surface area contributed by atoms with E-state index in [1.807, 2.05) is 6.07 Å². The fourth-order valence-corrected chi connectivity index (χ4v) is 5.38. The number of halogens is 4. The largest absolute Gasteiger partial charge is 0.463 e. The standard InChI is InChI=1S/C26H25BrClF2N5O6S/c1-13(40-15(3)37)23(12-39-14(2)36)41-26(42-24-7-17(27)9-32-20(24)8-31)22(38-4)11-35-10-21(33-34-35)16-5-18(29)25(28)19(30)6-16/h5-7,9-10,13,22-23,26H,11-12H2,1-4H3/t13-,22+,23?,26?/m1/s1. The highest BCUT2D eigenvalue weighted by Crippen LogP contribution is 2.33. The molecule has 2 unspecified atom stereocenters. The Hall–Kier alpha value is -3.16. The van der Waals surface area contributed by atoms with Crippen LogP contribution in [0.3, 0.4) is 0 Å². The number of benzene rings is 1. The van der Waals surface area contributed by atoms with Crippen LogP contribution in [0.25, 0.3) is 11.3 Å². The maximum Gasteiger partial charge on any atom is 0.302 e. The lowest BCUT2D eigenvalue weighted by atomic mass is 10.1. The lowest BCUT2D eigenvalue weighted by Gasteiger charge is -2.32. The van der Waals surface area contributed by atoms with Gasteiger partial charge in [-0.1, -0.05) is 28.6 Å². The summed E-state index contributed by atoms with van der Waals surface area (Å²) in [6.07, 6.45) is 0.335. The minimum absolute atomic E-state index is 0.0191. The van der Waals surface area contributed by atoms with Gasteiger partial charge < -0.3 is 18.9 Å². The molecule has 0 spiro atoms. The predicted octanol–water partition coefficient (Wildman–Crippen LogP) is 4.94. The molecule has 0 radical (unpaired) electrons. The summed E-state index contributed by atoms with van der Waals surface area (Å²) in [5.74, 6) is -3.03. The molecule has 2 aromatic heterocycles. The zero-order chi connectivity index (χ0) is 31.0. The topological polar surface area (TPSA) is 138 Å². The smallest absolute Gasteiger partial charge is 0.302 e. The number of methoxy groups -OCH3 is 1. The molecule has 4 atom stereocenters. The van der Waals surface area contributed by atoms with Crippen molar-refractivity contribution < 1.29 is 37.3 Å². The summed E-state index contributed by atoms with van der Waals surface area (Å²) in [5.41, 5.74) is -0.517. The Balaban J connectivity index is 1.96. The third-order valence-electron chi connectivity index (χ3n) is 5.60. The van der Waals surface area contributed by atoms with Gasteiger partial charge in [0.25, 0.3) is 0 Å². The number of hydrogen-bond acceptors (Lipinski definition) is 11. The first kappa shape index (κ1) is 33.3. The van der Waals surface area contributed by atoms with Crippen LogP contribution < -0.4 is 0 Å². The van der Waals surface area contributed by atoms with Gasteiger partial charge in [-0.05, 0) is 41.1 Å². The van der Waals surface area contributed by atoms with Crippen LogP contribution in [0.1, 0.15) is 26.5 Å². The van der Waals surface area contributed by atoms with Crippen molar-refractivity contribution in [1.82, 2.24) is 20.0 Å². The van der Waals surface area contributed by atoms with Crippen molar-refractivity contribution in [2.24, 2.45) is 0 Å². The van der Waals surface area contributed by atoms with Crippen LogP contribution in [0.5, 0.6) is 0 Å². The number of thioether (sulfide) groups is 1. The molecule has 0 fully saturated rings. The second-order valence-corrected chi connectivity index (χ2v) is 11.2.